The molecule has 3 heterocycles. The maximum atomic E-state index is 12.6. The molecule has 1 aromatic carbocycles. The minimum Gasteiger partial charge on any atom is -0.349 e. The molecule has 1 amide bonds. The number of para-hydroxylation sites is 1. The number of carbonyl (C=O) groups is 1. The average Bonchev–Trinajstić information content (AvgIpc) is 3.18. The second-order valence-corrected chi connectivity index (χ2v) is 7.19. The summed E-state index contributed by atoms with van der Waals surface area (Å²) in [6, 6.07) is 12.3. The highest BCUT2D eigenvalue weighted by Gasteiger charge is 2.20. The van der Waals surface area contributed by atoms with Gasteiger partial charge in [0.25, 0.3) is 5.91 Å². The van der Waals surface area contributed by atoms with Crippen LogP contribution < -0.4 is 10.6 Å². The summed E-state index contributed by atoms with van der Waals surface area (Å²) in [5.41, 5.74) is 1.97. The van der Waals surface area contributed by atoms with Crippen LogP contribution in [0.5, 0.6) is 0 Å². The van der Waals surface area contributed by atoms with Crippen molar-refractivity contribution in [2.45, 2.75) is 25.8 Å². The van der Waals surface area contributed by atoms with Crippen molar-refractivity contribution in [1.82, 2.24) is 20.4 Å². The summed E-state index contributed by atoms with van der Waals surface area (Å²) >= 11 is 1.51. The lowest BCUT2D eigenvalue weighted by atomic mass is 10.1. The minimum absolute atomic E-state index is 0.0297. The monoisotopic (exact) mass is 340 g/mol. The summed E-state index contributed by atoms with van der Waals surface area (Å²) in [7, 11) is 0. The predicted octanol–water partition coefficient (Wildman–Crippen LogP) is 2.88. The Hall–Kier alpha value is -2.18. The number of rotatable bonds is 3. The molecule has 4 rings (SSSR count). The largest absolute Gasteiger partial charge is 0.349 e. The van der Waals surface area contributed by atoms with Gasteiger partial charge in [-0.25, -0.2) is 4.68 Å². The van der Waals surface area contributed by atoms with E-state index in [1.165, 1.54) is 11.3 Å². The number of hydrogen-bond donors (Lipinski definition) is 2. The smallest absolute Gasteiger partial charge is 0.261 e. The third kappa shape index (κ3) is 2.83. The van der Waals surface area contributed by atoms with Gasteiger partial charge in [-0.2, -0.15) is 5.10 Å². The number of thiophene rings is 1. The van der Waals surface area contributed by atoms with Crippen molar-refractivity contribution in [3.8, 4) is 5.69 Å². The fourth-order valence-corrected chi connectivity index (χ4v) is 4.21. The maximum Gasteiger partial charge on any atom is 0.261 e. The zero-order valence-corrected chi connectivity index (χ0v) is 14.4. The second kappa shape index (κ2) is 6.37. The molecule has 2 aromatic heterocycles. The summed E-state index contributed by atoms with van der Waals surface area (Å²) in [6.45, 7) is 3.93. The first-order valence-electron chi connectivity index (χ1n) is 8.28. The van der Waals surface area contributed by atoms with Gasteiger partial charge in [-0.1, -0.05) is 18.2 Å². The number of hydrogen-bond acceptors (Lipinski definition) is 4. The molecule has 2 N–H and O–H groups in total. The lowest BCUT2D eigenvalue weighted by molar-refractivity contribution is 0.0934. The van der Waals surface area contributed by atoms with Gasteiger partial charge in [-0.3, -0.25) is 4.79 Å². The van der Waals surface area contributed by atoms with Crippen LogP contribution in [0, 0.1) is 6.92 Å². The number of nitrogens with zero attached hydrogens (tertiary/aromatic N) is 2. The van der Waals surface area contributed by atoms with Crippen LogP contribution in [0.2, 0.25) is 0 Å². The van der Waals surface area contributed by atoms with Gasteiger partial charge in [-0.05, 0) is 51.1 Å². The van der Waals surface area contributed by atoms with Gasteiger partial charge in [0.05, 0.1) is 16.3 Å². The van der Waals surface area contributed by atoms with Crippen molar-refractivity contribution in [3.63, 3.8) is 0 Å². The first-order valence-corrected chi connectivity index (χ1v) is 9.10. The van der Waals surface area contributed by atoms with Crippen molar-refractivity contribution in [3.05, 3.63) is 47.0 Å². The zero-order valence-electron chi connectivity index (χ0n) is 13.6. The molecule has 124 valence electrons. The first-order chi connectivity index (χ1) is 11.7. The standard InChI is InChI=1S/C18H20N4OS/c1-12-15-11-16(17(23)20-13-7-9-19-10-8-13)24-18(15)22(21-12)14-5-3-2-4-6-14/h2-6,11,13,19H,7-10H2,1H3,(H,20,23). The van der Waals surface area contributed by atoms with Crippen LogP contribution >= 0.6 is 11.3 Å². The molecule has 0 radical (unpaired) electrons. The van der Waals surface area contributed by atoms with Crippen molar-refractivity contribution in [2.24, 2.45) is 0 Å². The molecule has 1 aliphatic rings. The molecule has 1 saturated heterocycles. The van der Waals surface area contributed by atoms with Crippen molar-refractivity contribution in [1.29, 1.82) is 0 Å². The SMILES string of the molecule is Cc1nn(-c2ccccc2)c2sc(C(=O)NC3CCNCC3)cc12. The molecule has 0 spiro atoms. The van der Waals surface area contributed by atoms with Crippen LogP contribution in [-0.4, -0.2) is 34.8 Å². The normalized spacial score (nSPS) is 15.7. The van der Waals surface area contributed by atoms with E-state index >= 15 is 0 Å². The van der Waals surface area contributed by atoms with Gasteiger partial charge in [0, 0.05) is 11.4 Å². The molecule has 0 aliphatic carbocycles. The van der Waals surface area contributed by atoms with Gasteiger partial charge in [0.15, 0.2) is 0 Å². The van der Waals surface area contributed by atoms with Crippen molar-refractivity contribution in [2.75, 3.05) is 13.1 Å². The number of piperidine rings is 1. The summed E-state index contributed by atoms with van der Waals surface area (Å²) in [6.07, 6.45) is 1.99. The predicted molar refractivity (Wildman–Crippen MR) is 97.0 cm³/mol. The molecule has 24 heavy (non-hydrogen) atoms. The molecule has 0 unspecified atom stereocenters. The van der Waals surface area contributed by atoms with Crippen LogP contribution in [0.25, 0.3) is 15.9 Å². The highest BCUT2D eigenvalue weighted by molar-refractivity contribution is 7.20. The third-order valence-electron chi connectivity index (χ3n) is 4.44. The Morgan fingerprint density at radius 3 is 2.79 bits per heavy atom. The number of amides is 1. The minimum atomic E-state index is 0.0297. The fraction of sp³-hybridized carbons (Fsp3) is 0.333. The summed E-state index contributed by atoms with van der Waals surface area (Å²) in [4.78, 5) is 14.4. The lowest BCUT2D eigenvalue weighted by Gasteiger charge is -2.23. The Balaban J connectivity index is 1.64. The van der Waals surface area contributed by atoms with E-state index in [1.807, 2.05) is 48.0 Å². The Morgan fingerprint density at radius 1 is 1.29 bits per heavy atom. The van der Waals surface area contributed by atoms with Crippen LogP contribution in [0.1, 0.15) is 28.2 Å². The zero-order chi connectivity index (χ0) is 16.5. The second-order valence-electron chi connectivity index (χ2n) is 6.16. The molecule has 3 aromatic rings. The van der Waals surface area contributed by atoms with Crippen molar-refractivity contribution >= 4 is 27.5 Å². The Morgan fingerprint density at radius 2 is 2.04 bits per heavy atom. The van der Waals surface area contributed by atoms with E-state index in [2.05, 4.69) is 15.7 Å². The Kier molecular flexibility index (Phi) is 4.08. The molecule has 0 saturated carbocycles. The molecule has 1 fully saturated rings. The molecular weight excluding hydrogens is 320 g/mol. The van der Waals surface area contributed by atoms with E-state index in [0.29, 0.717) is 0 Å². The van der Waals surface area contributed by atoms with Gasteiger partial charge in [0.1, 0.15) is 4.83 Å². The molecule has 6 heteroatoms. The number of aromatic nitrogens is 2. The topological polar surface area (TPSA) is 59.0 Å². The Labute approximate surface area is 144 Å². The summed E-state index contributed by atoms with van der Waals surface area (Å²) < 4.78 is 1.93. The number of aryl methyl sites for hydroxylation is 1. The third-order valence-corrected chi connectivity index (χ3v) is 5.55. The first kappa shape index (κ1) is 15.4. The number of carbonyl (C=O) groups excluding carboxylic acids is 1. The van der Waals surface area contributed by atoms with E-state index in [1.54, 1.807) is 0 Å². The number of nitrogens with one attached hydrogen (secondary N) is 2. The number of benzene rings is 1. The van der Waals surface area contributed by atoms with Gasteiger partial charge in [-0.15, -0.1) is 11.3 Å². The summed E-state index contributed by atoms with van der Waals surface area (Å²) in [5.74, 6) is 0.0297. The Bertz CT molecular complexity index is 862. The highest BCUT2D eigenvalue weighted by Crippen LogP contribution is 2.30. The van der Waals surface area contributed by atoms with E-state index in [9.17, 15) is 4.79 Å². The molecule has 1 aliphatic heterocycles. The van der Waals surface area contributed by atoms with Gasteiger partial charge >= 0.3 is 0 Å². The maximum absolute atomic E-state index is 12.6. The van der Waals surface area contributed by atoms with Crippen LogP contribution in [-0.2, 0) is 0 Å². The van der Waals surface area contributed by atoms with E-state index < -0.39 is 0 Å². The van der Waals surface area contributed by atoms with Crippen LogP contribution in [0.3, 0.4) is 0 Å². The van der Waals surface area contributed by atoms with E-state index in [-0.39, 0.29) is 11.9 Å². The molecule has 0 bridgehead atoms. The van der Waals surface area contributed by atoms with E-state index in [4.69, 9.17) is 0 Å². The van der Waals surface area contributed by atoms with Crippen LogP contribution in [0.4, 0.5) is 0 Å². The number of fused-ring (bicyclic) bond motifs is 1. The van der Waals surface area contributed by atoms with Crippen molar-refractivity contribution < 1.29 is 4.79 Å². The van der Waals surface area contributed by atoms with Gasteiger partial charge < -0.3 is 10.6 Å². The molecule has 0 atom stereocenters. The molecular formula is C18H20N4OS. The highest BCUT2D eigenvalue weighted by atomic mass is 32.1. The molecule has 5 nitrogen and oxygen atoms in total. The average molecular weight is 340 g/mol. The summed E-state index contributed by atoms with van der Waals surface area (Å²) in [5, 5.41) is 12.2. The van der Waals surface area contributed by atoms with Crippen LogP contribution in [0.15, 0.2) is 36.4 Å². The lowest BCUT2D eigenvalue weighted by Crippen LogP contribution is -2.42. The quantitative estimate of drug-likeness (QED) is 0.771. The van der Waals surface area contributed by atoms with Gasteiger partial charge in [0.2, 0.25) is 0 Å². The van der Waals surface area contributed by atoms with E-state index in [0.717, 1.165) is 52.4 Å². The fourth-order valence-electron chi connectivity index (χ4n) is 3.13.